The van der Waals surface area contributed by atoms with E-state index in [1.165, 1.54) is 0 Å². The molecule has 1 aliphatic heterocycles. The maximum Gasteiger partial charge on any atom is 0.148 e. The van der Waals surface area contributed by atoms with Crippen LogP contribution in [-0.2, 0) is 6.42 Å². The van der Waals surface area contributed by atoms with Crippen LogP contribution in [0.4, 0.5) is 4.39 Å². The molecule has 0 amide bonds. The minimum absolute atomic E-state index is 0.109. The molecule has 2 aromatic rings. The molecule has 1 N–H and O–H groups in total. The molecule has 0 aromatic heterocycles. The lowest BCUT2D eigenvalue weighted by atomic mass is 9.96. The van der Waals surface area contributed by atoms with E-state index in [1.54, 1.807) is 12.1 Å². The van der Waals surface area contributed by atoms with Crippen molar-refractivity contribution in [2.45, 2.75) is 12.5 Å². The summed E-state index contributed by atoms with van der Waals surface area (Å²) < 4.78 is 20.5. The predicted octanol–water partition coefficient (Wildman–Crippen LogP) is 4.49. The lowest BCUT2D eigenvalue weighted by Crippen LogP contribution is -2.19. The second-order valence-corrected chi connectivity index (χ2v) is 6.18. The Hall–Kier alpha value is -1.10. The number of rotatable bonds is 3. The van der Waals surface area contributed by atoms with E-state index in [4.69, 9.17) is 16.3 Å². The summed E-state index contributed by atoms with van der Waals surface area (Å²) >= 11 is 9.23. The molecule has 110 valence electrons. The van der Waals surface area contributed by atoms with Crippen molar-refractivity contribution in [1.29, 1.82) is 0 Å². The summed E-state index contributed by atoms with van der Waals surface area (Å²) in [6, 6.07) is 9.24. The van der Waals surface area contributed by atoms with Crippen LogP contribution in [0.5, 0.6) is 5.75 Å². The first-order valence-electron chi connectivity index (χ1n) is 6.68. The van der Waals surface area contributed by atoms with E-state index in [-0.39, 0.29) is 11.1 Å². The predicted molar refractivity (Wildman–Crippen MR) is 85.7 cm³/mol. The second-order valence-electron chi connectivity index (χ2n) is 4.95. The third-order valence-corrected chi connectivity index (χ3v) is 4.97. The molecule has 1 aliphatic rings. The summed E-state index contributed by atoms with van der Waals surface area (Å²) in [4.78, 5) is 0. The van der Waals surface area contributed by atoms with Crippen LogP contribution in [0.1, 0.15) is 22.7 Å². The first-order valence-corrected chi connectivity index (χ1v) is 7.85. The molecule has 2 aromatic carbocycles. The number of halogens is 3. The van der Waals surface area contributed by atoms with Crippen LogP contribution in [0.15, 0.2) is 34.8 Å². The van der Waals surface area contributed by atoms with Gasteiger partial charge in [0.15, 0.2) is 0 Å². The molecule has 1 atom stereocenters. The summed E-state index contributed by atoms with van der Waals surface area (Å²) in [5, 5.41) is 3.27. The van der Waals surface area contributed by atoms with Crippen LogP contribution < -0.4 is 10.1 Å². The van der Waals surface area contributed by atoms with Crippen molar-refractivity contribution >= 4 is 27.5 Å². The van der Waals surface area contributed by atoms with Crippen molar-refractivity contribution in [3.05, 3.63) is 62.3 Å². The van der Waals surface area contributed by atoms with Gasteiger partial charge in [-0.25, -0.2) is 4.39 Å². The summed E-state index contributed by atoms with van der Waals surface area (Å²) in [5.41, 5.74) is 2.69. The summed E-state index contributed by atoms with van der Waals surface area (Å²) in [6.45, 7) is 0.710. The standard InChI is InChI=1S/C16H14BrClFNO/c1-20-16(11-3-4-12(17)14(18)15(11)19)10-2-5-13-9(8-10)6-7-21-13/h2-5,8,16,20H,6-7H2,1H3. The molecule has 21 heavy (non-hydrogen) atoms. The van der Waals surface area contributed by atoms with Crippen LogP contribution in [0, 0.1) is 5.82 Å². The van der Waals surface area contributed by atoms with Gasteiger partial charge in [-0.15, -0.1) is 0 Å². The van der Waals surface area contributed by atoms with Gasteiger partial charge >= 0.3 is 0 Å². The van der Waals surface area contributed by atoms with Crippen molar-refractivity contribution in [2.75, 3.05) is 13.7 Å². The second kappa shape index (κ2) is 5.95. The molecule has 0 fully saturated rings. The number of hydrogen-bond acceptors (Lipinski definition) is 2. The van der Waals surface area contributed by atoms with Crippen LogP contribution in [0.3, 0.4) is 0 Å². The van der Waals surface area contributed by atoms with Crippen molar-refractivity contribution in [2.24, 2.45) is 0 Å². The summed E-state index contributed by atoms with van der Waals surface area (Å²) in [6.07, 6.45) is 0.892. The molecule has 0 saturated carbocycles. The van der Waals surface area contributed by atoms with Gasteiger partial charge in [0, 0.05) is 16.5 Å². The Kier molecular flexibility index (Phi) is 4.20. The average Bonchev–Trinajstić information content (AvgIpc) is 2.95. The third-order valence-electron chi connectivity index (χ3n) is 3.71. The van der Waals surface area contributed by atoms with Gasteiger partial charge in [-0.2, -0.15) is 0 Å². The van der Waals surface area contributed by atoms with Gasteiger partial charge < -0.3 is 10.1 Å². The first kappa shape index (κ1) is 14.8. The molecule has 0 saturated heterocycles. The smallest absolute Gasteiger partial charge is 0.148 e. The number of hydrogen-bond donors (Lipinski definition) is 1. The van der Waals surface area contributed by atoms with Gasteiger partial charge in [0.1, 0.15) is 11.6 Å². The topological polar surface area (TPSA) is 21.3 Å². The van der Waals surface area contributed by atoms with Crippen LogP contribution in [0.25, 0.3) is 0 Å². The number of nitrogens with one attached hydrogen (secondary N) is 1. The zero-order valence-electron chi connectivity index (χ0n) is 11.4. The highest BCUT2D eigenvalue weighted by Gasteiger charge is 2.21. The molecular formula is C16H14BrClFNO. The van der Waals surface area contributed by atoms with E-state index < -0.39 is 5.82 Å². The Morgan fingerprint density at radius 1 is 1.33 bits per heavy atom. The maximum atomic E-state index is 14.4. The summed E-state index contributed by atoms with van der Waals surface area (Å²) in [7, 11) is 1.81. The molecule has 0 spiro atoms. The Labute approximate surface area is 136 Å². The highest BCUT2D eigenvalue weighted by atomic mass is 79.9. The molecule has 5 heteroatoms. The molecule has 1 unspecified atom stereocenters. The fourth-order valence-electron chi connectivity index (χ4n) is 2.65. The van der Waals surface area contributed by atoms with Crippen molar-refractivity contribution in [3.63, 3.8) is 0 Å². The molecule has 3 rings (SSSR count). The van der Waals surface area contributed by atoms with E-state index in [1.807, 2.05) is 19.2 Å². The fraction of sp³-hybridized carbons (Fsp3) is 0.250. The highest BCUT2D eigenvalue weighted by Crippen LogP contribution is 2.35. The minimum atomic E-state index is -0.401. The number of benzene rings is 2. The molecule has 2 nitrogen and oxygen atoms in total. The van der Waals surface area contributed by atoms with Gasteiger partial charge in [0.05, 0.1) is 17.7 Å². The lowest BCUT2D eigenvalue weighted by molar-refractivity contribution is 0.357. The zero-order chi connectivity index (χ0) is 15.0. The summed E-state index contributed by atoms with van der Waals surface area (Å²) in [5.74, 6) is 0.519. The molecular weight excluding hydrogens is 357 g/mol. The average molecular weight is 371 g/mol. The molecule has 1 heterocycles. The fourth-order valence-corrected chi connectivity index (χ4v) is 3.13. The lowest BCUT2D eigenvalue weighted by Gasteiger charge is -2.19. The van der Waals surface area contributed by atoms with Gasteiger partial charge in [0.25, 0.3) is 0 Å². The largest absolute Gasteiger partial charge is 0.493 e. The van der Waals surface area contributed by atoms with Gasteiger partial charge in [-0.05, 0) is 46.2 Å². The van der Waals surface area contributed by atoms with Crippen molar-refractivity contribution in [3.8, 4) is 5.75 Å². The van der Waals surface area contributed by atoms with Crippen molar-refractivity contribution < 1.29 is 9.13 Å². The number of ether oxygens (including phenoxy) is 1. The van der Waals surface area contributed by atoms with Gasteiger partial charge in [-0.3, -0.25) is 0 Å². The minimum Gasteiger partial charge on any atom is -0.493 e. The first-order chi connectivity index (χ1) is 10.1. The van der Waals surface area contributed by atoms with Crippen LogP contribution in [-0.4, -0.2) is 13.7 Å². The maximum absolute atomic E-state index is 14.4. The Balaban J connectivity index is 2.05. The normalized spacial score (nSPS) is 14.7. The van der Waals surface area contributed by atoms with Crippen LogP contribution in [0.2, 0.25) is 5.02 Å². The number of fused-ring (bicyclic) bond motifs is 1. The highest BCUT2D eigenvalue weighted by molar-refractivity contribution is 9.10. The van der Waals surface area contributed by atoms with Crippen molar-refractivity contribution in [1.82, 2.24) is 5.32 Å². The third kappa shape index (κ3) is 2.68. The van der Waals surface area contributed by atoms with E-state index >= 15 is 0 Å². The molecule has 0 aliphatic carbocycles. The van der Waals surface area contributed by atoms with Gasteiger partial charge in [-0.1, -0.05) is 29.8 Å². The Morgan fingerprint density at radius 3 is 2.90 bits per heavy atom. The van der Waals surface area contributed by atoms with E-state index in [2.05, 4.69) is 27.3 Å². The molecule has 0 radical (unpaired) electrons. The Bertz CT molecular complexity index is 692. The van der Waals surface area contributed by atoms with E-state index in [0.29, 0.717) is 16.6 Å². The van der Waals surface area contributed by atoms with Crippen LogP contribution >= 0.6 is 27.5 Å². The Morgan fingerprint density at radius 2 is 2.14 bits per heavy atom. The van der Waals surface area contributed by atoms with Gasteiger partial charge in [0.2, 0.25) is 0 Å². The zero-order valence-corrected chi connectivity index (χ0v) is 13.8. The van der Waals surface area contributed by atoms with E-state index in [9.17, 15) is 4.39 Å². The monoisotopic (exact) mass is 369 g/mol. The molecule has 0 bridgehead atoms. The van der Waals surface area contributed by atoms with E-state index in [0.717, 1.165) is 23.3 Å². The SMILES string of the molecule is CNC(c1ccc2c(c1)CCO2)c1ccc(Br)c(Cl)c1F. The quantitative estimate of drug-likeness (QED) is 0.804.